The molecule has 82 valence electrons. The predicted octanol–water partition coefficient (Wildman–Crippen LogP) is 0.220. The summed E-state index contributed by atoms with van der Waals surface area (Å²) in [6, 6.07) is -0.586. The van der Waals surface area contributed by atoms with Crippen molar-refractivity contribution >= 4 is 11.9 Å². The van der Waals surface area contributed by atoms with Crippen LogP contribution < -0.4 is 5.73 Å². The Kier molecular flexibility index (Phi) is 6.74. The normalized spacial score (nSPS) is 11.9. The highest BCUT2D eigenvalue weighted by Crippen LogP contribution is 2.04. The van der Waals surface area contributed by atoms with Crippen LogP contribution in [0.2, 0.25) is 0 Å². The van der Waals surface area contributed by atoms with Crippen LogP contribution in [0.1, 0.15) is 25.7 Å². The monoisotopic (exact) mass is 203 g/mol. The molecule has 1 unspecified atom stereocenters. The van der Waals surface area contributed by atoms with Gasteiger partial charge in [-0.05, 0) is 12.8 Å². The summed E-state index contributed by atoms with van der Waals surface area (Å²) < 4.78 is 8.92. The number of hydrogen-bond donors (Lipinski definition) is 1. The van der Waals surface area contributed by atoms with Crippen LogP contribution in [0.4, 0.5) is 0 Å². The summed E-state index contributed by atoms with van der Waals surface area (Å²) in [5.74, 6) is -0.653. The van der Waals surface area contributed by atoms with Crippen LogP contribution in [0.25, 0.3) is 0 Å². The molecule has 0 aliphatic rings. The van der Waals surface area contributed by atoms with Crippen LogP contribution >= 0.6 is 0 Å². The second kappa shape index (κ2) is 7.32. The lowest BCUT2D eigenvalue weighted by molar-refractivity contribution is -0.142. The predicted molar refractivity (Wildman–Crippen MR) is 50.5 cm³/mol. The van der Waals surface area contributed by atoms with Crippen LogP contribution in [0.3, 0.4) is 0 Å². The molecule has 0 aliphatic heterocycles. The third kappa shape index (κ3) is 5.53. The molecule has 0 rings (SSSR count). The van der Waals surface area contributed by atoms with Crippen LogP contribution in [0.5, 0.6) is 0 Å². The van der Waals surface area contributed by atoms with Gasteiger partial charge in [0.1, 0.15) is 6.04 Å². The molecule has 0 amide bonds. The van der Waals surface area contributed by atoms with Gasteiger partial charge in [-0.15, -0.1) is 0 Å². The number of nitrogens with two attached hydrogens (primary N) is 1. The van der Waals surface area contributed by atoms with E-state index in [-0.39, 0.29) is 5.97 Å². The maximum atomic E-state index is 10.9. The molecule has 0 spiro atoms. The fourth-order valence-corrected chi connectivity index (χ4v) is 1.00. The molecule has 14 heavy (non-hydrogen) atoms. The minimum atomic E-state index is -0.586. The van der Waals surface area contributed by atoms with Gasteiger partial charge in [0.2, 0.25) is 0 Å². The standard InChI is InChI=1S/C9H17NO4/c1-13-8(11)6-4-3-5-7(10)9(12)14-2/h7H,3-6,10H2,1-2H3. The number of ether oxygens (including phenoxy) is 2. The second-order valence-electron chi connectivity index (χ2n) is 2.95. The molecule has 0 aromatic rings. The van der Waals surface area contributed by atoms with Gasteiger partial charge in [-0.25, -0.2) is 0 Å². The van der Waals surface area contributed by atoms with Crippen LogP contribution in [-0.4, -0.2) is 32.2 Å². The highest BCUT2D eigenvalue weighted by Gasteiger charge is 2.12. The van der Waals surface area contributed by atoms with E-state index in [4.69, 9.17) is 5.73 Å². The fraction of sp³-hybridized carbons (Fsp3) is 0.778. The largest absolute Gasteiger partial charge is 0.469 e. The van der Waals surface area contributed by atoms with Gasteiger partial charge in [0.05, 0.1) is 14.2 Å². The van der Waals surface area contributed by atoms with Crippen molar-refractivity contribution in [1.82, 2.24) is 0 Å². The van der Waals surface area contributed by atoms with Crippen molar-refractivity contribution in [2.75, 3.05) is 14.2 Å². The summed E-state index contributed by atoms with van der Waals surface area (Å²) in [4.78, 5) is 21.6. The van der Waals surface area contributed by atoms with Crippen LogP contribution in [0, 0.1) is 0 Å². The Morgan fingerprint density at radius 2 is 1.86 bits per heavy atom. The second-order valence-corrected chi connectivity index (χ2v) is 2.95. The molecule has 1 atom stereocenters. The van der Waals surface area contributed by atoms with Crippen LogP contribution in [-0.2, 0) is 19.1 Å². The Balaban J connectivity index is 3.45. The first kappa shape index (κ1) is 12.9. The summed E-state index contributed by atoms with van der Waals surface area (Å²) in [7, 11) is 2.65. The van der Waals surface area contributed by atoms with Crippen molar-refractivity contribution in [2.45, 2.75) is 31.7 Å². The van der Waals surface area contributed by atoms with Gasteiger partial charge in [0.15, 0.2) is 0 Å². The molecule has 0 aliphatic carbocycles. The molecule has 0 fully saturated rings. The Morgan fingerprint density at radius 1 is 1.21 bits per heavy atom. The van der Waals surface area contributed by atoms with E-state index < -0.39 is 12.0 Å². The minimum absolute atomic E-state index is 0.239. The van der Waals surface area contributed by atoms with Gasteiger partial charge >= 0.3 is 11.9 Å². The average molecular weight is 203 g/mol. The Bertz CT molecular complexity index is 193. The summed E-state index contributed by atoms with van der Waals surface area (Å²) in [6.07, 6.45) is 2.29. The van der Waals surface area contributed by atoms with Gasteiger partial charge in [-0.2, -0.15) is 0 Å². The topological polar surface area (TPSA) is 78.6 Å². The Hall–Kier alpha value is -1.10. The SMILES string of the molecule is COC(=O)CCCCC(N)C(=O)OC. The van der Waals surface area contributed by atoms with E-state index in [1.165, 1.54) is 14.2 Å². The number of carbonyl (C=O) groups excluding carboxylic acids is 2. The molecule has 0 aromatic carbocycles. The minimum Gasteiger partial charge on any atom is -0.469 e. The van der Waals surface area contributed by atoms with Crippen molar-refractivity contribution in [3.8, 4) is 0 Å². The summed E-state index contributed by atoms with van der Waals surface area (Å²) >= 11 is 0. The molecular formula is C9H17NO4. The number of methoxy groups -OCH3 is 2. The maximum Gasteiger partial charge on any atom is 0.322 e. The number of carbonyl (C=O) groups is 2. The highest BCUT2D eigenvalue weighted by atomic mass is 16.5. The number of esters is 2. The van der Waals surface area contributed by atoms with Gasteiger partial charge in [0.25, 0.3) is 0 Å². The average Bonchev–Trinajstić information content (AvgIpc) is 2.22. The van der Waals surface area contributed by atoms with Gasteiger partial charge in [-0.3, -0.25) is 9.59 Å². The Morgan fingerprint density at radius 3 is 2.36 bits per heavy atom. The third-order valence-electron chi connectivity index (χ3n) is 1.88. The lowest BCUT2D eigenvalue weighted by Crippen LogP contribution is -2.31. The fourth-order valence-electron chi connectivity index (χ4n) is 1.00. The third-order valence-corrected chi connectivity index (χ3v) is 1.88. The van der Waals surface area contributed by atoms with Crippen molar-refractivity contribution in [2.24, 2.45) is 5.73 Å². The van der Waals surface area contributed by atoms with E-state index >= 15 is 0 Å². The number of hydrogen-bond acceptors (Lipinski definition) is 5. The molecule has 5 nitrogen and oxygen atoms in total. The summed E-state index contributed by atoms with van der Waals surface area (Å²) in [5.41, 5.74) is 5.49. The zero-order valence-electron chi connectivity index (χ0n) is 8.62. The molecular weight excluding hydrogens is 186 g/mol. The number of rotatable bonds is 6. The maximum absolute atomic E-state index is 10.9. The van der Waals surface area contributed by atoms with E-state index in [1.54, 1.807) is 0 Å². The molecule has 0 saturated heterocycles. The van der Waals surface area contributed by atoms with Crippen molar-refractivity contribution in [1.29, 1.82) is 0 Å². The molecule has 5 heteroatoms. The molecule has 2 N–H and O–H groups in total. The molecule has 0 radical (unpaired) electrons. The first-order chi connectivity index (χ1) is 6.61. The lowest BCUT2D eigenvalue weighted by atomic mass is 10.1. The number of unbranched alkanes of at least 4 members (excludes halogenated alkanes) is 1. The van der Waals surface area contributed by atoms with Crippen LogP contribution in [0.15, 0.2) is 0 Å². The van der Waals surface area contributed by atoms with Gasteiger partial charge < -0.3 is 15.2 Å². The van der Waals surface area contributed by atoms with Crippen molar-refractivity contribution in [3.63, 3.8) is 0 Å². The quantitative estimate of drug-likeness (QED) is 0.493. The first-order valence-electron chi connectivity index (χ1n) is 4.52. The smallest absolute Gasteiger partial charge is 0.322 e. The lowest BCUT2D eigenvalue weighted by Gasteiger charge is -2.07. The van der Waals surface area contributed by atoms with E-state index in [0.29, 0.717) is 25.7 Å². The van der Waals surface area contributed by atoms with E-state index in [2.05, 4.69) is 9.47 Å². The zero-order valence-corrected chi connectivity index (χ0v) is 8.62. The Labute approximate surface area is 83.5 Å². The summed E-state index contributed by atoms with van der Waals surface area (Å²) in [5, 5.41) is 0. The van der Waals surface area contributed by atoms with Gasteiger partial charge in [-0.1, -0.05) is 6.42 Å². The molecule has 0 aromatic heterocycles. The van der Waals surface area contributed by atoms with Gasteiger partial charge in [0, 0.05) is 6.42 Å². The highest BCUT2D eigenvalue weighted by molar-refractivity contribution is 5.75. The van der Waals surface area contributed by atoms with Crippen molar-refractivity contribution < 1.29 is 19.1 Å². The van der Waals surface area contributed by atoms with E-state index in [9.17, 15) is 9.59 Å². The summed E-state index contributed by atoms with van der Waals surface area (Å²) in [6.45, 7) is 0. The molecule has 0 heterocycles. The van der Waals surface area contributed by atoms with E-state index in [0.717, 1.165) is 0 Å². The molecule has 0 bridgehead atoms. The first-order valence-corrected chi connectivity index (χ1v) is 4.52. The van der Waals surface area contributed by atoms with E-state index in [1.807, 2.05) is 0 Å². The van der Waals surface area contributed by atoms with Crippen molar-refractivity contribution in [3.05, 3.63) is 0 Å². The molecule has 0 saturated carbocycles. The zero-order chi connectivity index (χ0) is 11.0.